The molecule has 0 atom stereocenters. The maximum atomic E-state index is 13.4. The molecule has 0 aliphatic carbocycles. The van der Waals surface area contributed by atoms with Crippen LogP contribution in [0.2, 0.25) is 0 Å². The molecule has 0 fully saturated rings. The fraction of sp³-hybridized carbons (Fsp3) is 0.0667. The topological polar surface area (TPSA) is 65.2 Å². The summed E-state index contributed by atoms with van der Waals surface area (Å²) in [4.78, 5) is 0. The van der Waals surface area contributed by atoms with Gasteiger partial charge >= 0.3 is 0 Å². The lowest BCUT2D eigenvalue weighted by molar-refractivity contribution is 0.469. The van der Waals surface area contributed by atoms with Crippen LogP contribution >= 0.6 is 0 Å². The Morgan fingerprint density at radius 2 is 1.75 bits per heavy atom. The van der Waals surface area contributed by atoms with Gasteiger partial charge in [-0.05, 0) is 48.4 Å². The van der Waals surface area contributed by atoms with E-state index in [9.17, 15) is 9.50 Å². The van der Waals surface area contributed by atoms with E-state index in [0.717, 1.165) is 17.2 Å². The number of aromatic hydroxyl groups is 2. The molecule has 4 nitrogen and oxygen atoms in total. The molecule has 2 rings (SSSR count). The van der Waals surface area contributed by atoms with E-state index in [0.29, 0.717) is 0 Å². The van der Waals surface area contributed by atoms with Gasteiger partial charge in [0.05, 0.1) is 12.4 Å². The zero-order valence-corrected chi connectivity index (χ0v) is 10.8. The number of halogens is 1. The first-order valence-corrected chi connectivity index (χ1v) is 5.91. The Bertz CT molecular complexity index is 682. The van der Waals surface area contributed by atoms with Crippen molar-refractivity contribution in [2.75, 3.05) is 0 Å². The molecule has 0 spiro atoms. The summed E-state index contributed by atoms with van der Waals surface area (Å²) in [6.45, 7) is 1.78. The normalized spacial score (nSPS) is 11.5. The van der Waals surface area contributed by atoms with Crippen LogP contribution in [0.15, 0.2) is 46.6 Å². The number of phenolic OH excluding ortho intramolecular Hbond substituents is 2. The Morgan fingerprint density at radius 1 is 1.00 bits per heavy atom. The first-order valence-electron chi connectivity index (χ1n) is 5.91. The zero-order valence-electron chi connectivity index (χ0n) is 10.8. The van der Waals surface area contributed by atoms with Crippen molar-refractivity contribution in [3.63, 3.8) is 0 Å². The highest BCUT2D eigenvalue weighted by Gasteiger charge is 1.99. The minimum Gasteiger partial charge on any atom is -0.508 e. The van der Waals surface area contributed by atoms with E-state index in [1.165, 1.54) is 24.6 Å². The molecule has 0 radical (unpaired) electrons. The highest BCUT2D eigenvalue weighted by atomic mass is 19.1. The standard InChI is InChI=1S/C15H13FN2O2/c1-10-6-11(2-5-15(10)20)8-17-18-9-12-3-4-13(19)7-14(12)16/h2-9,19-20H,1H3/b17-8+,18-9+. The highest BCUT2D eigenvalue weighted by molar-refractivity contribution is 5.83. The number of hydrogen-bond donors (Lipinski definition) is 2. The summed E-state index contributed by atoms with van der Waals surface area (Å²) in [6, 6.07) is 8.82. The van der Waals surface area contributed by atoms with E-state index in [1.807, 2.05) is 0 Å². The summed E-state index contributed by atoms with van der Waals surface area (Å²) in [6.07, 6.45) is 2.76. The molecule has 0 heterocycles. The Balaban J connectivity index is 2.09. The predicted octanol–water partition coefficient (Wildman–Crippen LogP) is 3.00. The fourth-order valence-corrected chi connectivity index (χ4v) is 1.58. The van der Waals surface area contributed by atoms with E-state index in [-0.39, 0.29) is 17.1 Å². The summed E-state index contributed by atoms with van der Waals surface area (Å²) in [5, 5.41) is 26.0. The predicted molar refractivity (Wildman–Crippen MR) is 76.1 cm³/mol. The van der Waals surface area contributed by atoms with Gasteiger partial charge in [-0.15, -0.1) is 0 Å². The monoisotopic (exact) mass is 272 g/mol. The van der Waals surface area contributed by atoms with Crippen molar-refractivity contribution in [2.45, 2.75) is 6.92 Å². The van der Waals surface area contributed by atoms with Crippen LogP contribution in [0, 0.1) is 12.7 Å². The third kappa shape index (κ3) is 3.41. The van der Waals surface area contributed by atoms with Crippen LogP contribution in [0.5, 0.6) is 11.5 Å². The van der Waals surface area contributed by atoms with Gasteiger partial charge < -0.3 is 10.2 Å². The second kappa shape index (κ2) is 5.97. The zero-order chi connectivity index (χ0) is 14.5. The van der Waals surface area contributed by atoms with Crippen LogP contribution in [0.25, 0.3) is 0 Å². The molecule has 0 unspecified atom stereocenters. The van der Waals surface area contributed by atoms with Crippen LogP contribution in [-0.4, -0.2) is 22.6 Å². The first kappa shape index (κ1) is 13.7. The average molecular weight is 272 g/mol. The van der Waals surface area contributed by atoms with Crippen molar-refractivity contribution in [1.82, 2.24) is 0 Å². The second-order valence-electron chi connectivity index (χ2n) is 4.24. The van der Waals surface area contributed by atoms with E-state index in [2.05, 4.69) is 10.2 Å². The molecule has 102 valence electrons. The molecule has 0 saturated carbocycles. The van der Waals surface area contributed by atoms with Crippen LogP contribution < -0.4 is 0 Å². The van der Waals surface area contributed by atoms with E-state index < -0.39 is 5.82 Å². The highest BCUT2D eigenvalue weighted by Crippen LogP contribution is 2.16. The molecule has 2 N–H and O–H groups in total. The minimum absolute atomic E-state index is 0.136. The molecule has 2 aromatic carbocycles. The van der Waals surface area contributed by atoms with Gasteiger partial charge in [-0.2, -0.15) is 10.2 Å². The van der Waals surface area contributed by atoms with Crippen molar-refractivity contribution in [3.8, 4) is 11.5 Å². The Morgan fingerprint density at radius 3 is 2.45 bits per heavy atom. The number of hydrogen-bond acceptors (Lipinski definition) is 4. The summed E-state index contributed by atoms with van der Waals surface area (Å²) >= 11 is 0. The number of phenols is 2. The lowest BCUT2D eigenvalue weighted by Crippen LogP contribution is -1.87. The number of benzene rings is 2. The Labute approximate surface area is 115 Å². The SMILES string of the molecule is Cc1cc(/C=N/N=C/c2ccc(O)cc2F)ccc1O. The Hall–Kier alpha value is -2.69. The average Bonchev–Trinajstić information content (AvgIpc) is 2.40. The van der Waals surface area contributed by atoms with Crippen molar-refractivity contribution in [3.05, 3.63) is 58.9 Å². The van der Waals surface area contributed by atoms with Crippen molar-refractivity contribution < 1.29 is 14.6 Å². The lowest BCUT2D eigenvalue weighted by atomic mass is 10.1. The van der Waals surface area contributed by atoms with Crippen LogP contribution in [0.3, 0.4) is 0 Å². The molecule has 0 amide bonds. The maximum absolute atomic E-state index is 13.4. The summed E-state index contributed by atoms with van der Waals surface area (Å²) < 4.78 is 13.4. The summed E-state index contributed by atoms with van der Waals surface area (Å²) in [5.74, 6) is -0.482. The molecule has 0 aliphatic heterocycles. The molecule has 0 aromatic heterocycles. The van der Waals surface area contributed by atoms with Gasteiger partial charge in [0.15, 0.2) is 0 Å². The summed E-state index contributed by atoms with van der Waals surface area (Å²) in [5.41, 5.74) is 1.76. The third-order valence-corrected chi connectivity index (χ3v) is 2.68. The van der Waals surface area contributed by atoms with Crippen molar-refractivity contribution in [1.29, 1.82) is 0 Å². The van der Waals surface area contributed by atoms with Gasteiger partial charge in [-0.25, -0.2) is 4.39 Å². The number of rotatable bonds is 3. The Kier molecular flexibility index (Phi) is 4.10. The number of nitrogens with zero attached hydrogens (tertiary/aromatic N) is 2. The van der Waals surface area contributed by atoms with E-state index in [1.54, 1.807) is 25.1 Å². The smallest absolute Gasteiger partial charge is 0.135 e. The van der Waals surface area contributed by atoms with Gasteiger partial charge in [-0.3, -0.25) is 0 Å². The van der Waals surface area contributed by atoms with Gasteiger partial charge in [0.1, 0.15) is 17.3 Å². The minimum atomic E-state index is -0.565. The van der Waals surface area contributed by atoms with Gasteiger partial charge in [0.25, 0.3) is 0 Å². The van der Waals surface area contributed by atoms with E-state index >= 15 is 0 Å². The molecular weight excluding hydrogens is 259 g/mol. The largest absolute Gasteiger partial charge is 0.508 e. The maximum Gasteiger partial charge on any atom is 0.135 e. The molecule has 20 heavy (non-hydrogen) atoms. The van der Waals surface area contributed by atoms with Crippen LogP contribution in [0.4, 0.5) is 4.39 Å². The van der Waals surface area contributed by atoms with Crippen LogP contribution in [-0.2, 0) is 0 Å². The fourth-order valence-electron chi connectivity index (χ4n) is 1.58. The molecular formula is C15H13FN2O2. The summed E-state index contributed by atoms with van der Waals surface area (Å²) in [7, 11) is 0. The van der Waals surface area contributed by atoms with Crippen LogP contribution in [0.1, 0.15) is 16.7 Å². The second-order valence-corrected chi connectivity index (χ2v) is 4.24. The van der Waals surface area contributed by atoms with Crippen molar-refractivity contribution >= 4 is 12.4 Å². The third-order valence-electron chi connectivity index (χ3n) is 2.68. The van der Waals surface area contributed by atoms with Gasteiger partial charge in [0.2, 0.25) is 0 Å². The quantitative estimate of drug-likeness (QED) is 0.666. The molecule has 0 aliphatic rings. The van der Waals surface area contributed by atoms with Gasteiger partial charge in [0, 0.05) is 11.6 Å². The molecule has 2 aromatic rings. The lowest BCUT2D eigenvalue weighted by Gasteiger charge is -1.98. The van der Waals surface area contributed by atoms with Crippen molar-refractivity contribution in [2.24, 2.45) is 10.2 Å². The van der Waals surface area contributed by atoms with E-state index in [4.69, 9.17) is 5.11 Å². The molecule has 0 bridgehead atoms. The molecule has 0 saturated heterocycles. The number of aryl methyl sites for hydroxylation is 1. The van der Waals surface area contributed by atoms with Gasteiger partial charge in [-0.1, -0.05) is 0 Å². The first-order chi connectivity index (χ1) is 9.56. The molecule has 5 heteroatoms.